The number of para-hydroxylation sites is 1. The molecule has 1 aliphatic heterocycles. The van der Waals surface area contributed by atoms with Crippen molar-refractivity contribution in [2.45, 2.75) is 59.5 Å². The molecule has 0 saturated carbocycles. The van der Waals surface area contributed by atoms with Gasteiger partial charge in [-0.3, -0.25) is 14.4 Å². The fraction of sp³-hybridized carbons (Fsp3) is 0.583. The number of carbonyl (C=O) groups excluding carboxylic acids is 1. The lowest BCUT2D eigenvalue weighted by Gasteiger charge is -2.39. The third-order valence-corrected chi connectivity index (χ3v) is 6.15. The standard InChI is InChI=1S/C24H35N3O3/c1-4-14-27-20(3)21(18-25-27)19-26-15-11-24(12-16-26,23(28)29-5-2)13-17-30-22-9-7-6-8-10-22/h6-10,18H,4-5,11-17,19H2,1-3H3. The van der Waals surface area contributed by atoms with E-state index in [0.29, 0.717) is 19.6 Å². The number of hydrogen-bond acceptors (Lipinski definition) is 5. The number of aryl methyl sites for hydroxylation is 1. The third kappa shape index (κ3) is 5.42. The molecule has 2 aromatic rings. The molecule has 1 aromatic heterocycles. The summed E-state index contributed by atoms with van der Waals surface area (Å²) in [4.78, 5) is 15.3. The molecule has 0 unspecified atom stereocenters. The van der Waals surface area contributed by atoms with Crippen molar-refractivity contribution < 1.29 is 14.3 Å². The van der Waals surface area contributed by atoms with Crippen molar-refractivity contribution in [3.63, 3.8) is 0 Å². The van der Waals surface area contributed by atoms with Gasteiger partial charge in [-0.1, -0.05) is 25.1 Å². The van der Waals surface area contributed by atoms with Crippen LogP contribution in [0, 0.1) is 12.3 Å². The van der Waals surface area contributed by atoms with Gasteiger partial charge >= 0.3 is 5.97 Å². The van der Waals surface area contributed by atoms with E-state index in [9.17, 15) is 4.79 Å². The first-order valence-corrected chi connectivity index (χ1v) is 11.2. The van der Waals surface area contributed by atoms with E-state index in [1.807, 2.05) is 43.5 Å². The van der Waals surface area contributed by atoms with Crippen molar-refractivity contribution in [2.24, 2.45) is 5.41 Å². The van der Waals surface area contributed by atoms with Crippen molar-refractivity contribution in [3.8, 4) is 5.75 Å². The maximum Gasteiger partial charge on any atom is 0.312 e. The summed E-state index contributed by atoms with van der Waals surface area (Å²) < 4.78 is 13.4. The highest BCUT2D eigenvalue weighted by atomic mass is 16.5. The Hall–Kier alpha value is -2.34. The number of ether oxygens (including phenoxy) is 2. The van der Waals surface area contributed by atoms with Gasteiger partial charge in [-0.25, -0.2) is 0 Å². The molecular formula is C24H35N3O3. The van der Waals surface area contributed by atoms with E-state index in [1.165, 1.54) is 11.3 Å². The lowest BCUT2D eigenvalue weighted by atomic mass is 9.75. The number of benzene rings is 1. The SMILES string of the molecule is CCCn1ncc(CN2CCC(CCOc3ccccc3)(C(=O)OCC)CC2)c1C. The van der Waals surface area contributed by atoms with Crippen LogP contribution in [0.4, 0.5) is 0 Å². The molecule has 1 aromatic carbocycles. The monoisotopic (exact) mass is 413 g/mol. The van der Waals surface area contributed by atoms with Gasteiger partial charge in [-0.05, 0) is 64.8 Å². The molecule has 0 spiro atoms. The summed E-state index contributed by atoms with van der Waals surface area (Å²) in [5.41, 5.74) is 2.07. The number of hydrogen-bond donors (Lipinski definition) is 0. The lowest BCUT2D eigenvalue weighted by Crippen LogP contribution is -2.45. The lowest BCUT2D eigenvalue weighted by molar-refractivity contribution is -0.159. The Balaban J connectivity index is 1.59. The van der Waals surface area contributed by atoms with Crippen LogP contribution in [-0.4, -0.2) is 47.0 Å². The minimum absolute atomic E-state index is 0.0757. The topological polar surface area (TPSA) is 56.6 Å². The quantitative estimate of drug-likeness (QED) is 0.546. The van der Waals surface area contributed by atoms with Crippen molar-refractivity contribution in [1.29, 1.82) is 0 Å². The first-order valence-electron chi connectivity index (χ1n) is 11.2. The Kier molecular flexibility index (Phi) is 7.91. The van der Waals surface area contributed by atoms with Gasteiger partial charge in [0.25, 0.3) is 0 Å². The maximum absolute atomic E-state index is 12.8. The van der Waals surface area contributed by atoms with E-state index >= 15 is 0 Å². The Morgan fingerprint density at radius 2 is 1.90 bits per heavy atom. The zero-order valence-corrected chi connectivity index (χ0v) is 18.6. The van der Waals surface area contributed by atoms with E-state index in [2.05, 4.69) is 28.5 Å². The summed E-state index contributed by atoms with van der Waals surface area (Å²) in [5, 5.41) is 4.52. The predicted octanol–water partition coefficient (Wildman–Crippen LogP) is 4.22. The summed E-state index contributed by atoms with van der Waals surface area (Å²) in [6, 6.07) is 9.77. The molecule has 0 radical (unpaired) electrons. The fourth-order valence-corrected chi connectivity index (χ4v) is 4.18. The highest BCUT2D eigenvalue weighted by Gasteiger charge is 2.42. The number of aromatic nitrogens is 2. The van der Waals surface area contributed by atoms with Crippen molar-refractivity contribution in [2.75, 3.05) is 26.3 Å². The largest absolute Gasteiger partial charge is 0.494 e. The van der Waals surface area contributed by atoms with E-state index in [1.54, 1.807) is 0 Å². The number of piperidine rings is 1. The summed E-state index contributed by atoms with van der Waals surface area (Å²) in [7, 11) is 0. The number of rotatable bonds is 10. The van der Waals surface area contributed by atoms with Crippen molar-refractivity contribution in [3.05, 3.63) is 47.8 Å². The van der Waals surface area contributed by atoms with Crippen LogP contribution in [-0.2, 0) is 22.6 Å². The molecule has 3 rings (SSSR count). The van der Waals surface area contributed by atoms with Gasteiger partial charge in [0.15, 0.2) is 0 Å². The average molecular weight is 414 g/mol. The highest BCUT2D eigenvalue weighted by Crippen LogP contribution is 2.37. The number of esters is 1. The molecule has 6 nitrogen and oxygen atoms in total. The molecule has 0 amide bonds. The zero-order chi connectivity index (χ0) is 21.4. The summed E-state index contributed by atoms with van der Waals surface area (Å²) >= 11 is 0. The molecular weight excluding hydrogens is 378 g/mol. The minimum atomic E-state index is -0.456. The molecule has 1 fully saturated rings. The Bertz CT molecular complexity index is 795. The Morgan fingerprint density at radius 1 is 1.17 bits per heavy atom. The van der Waals surface area contributed by atoms with Crippen LogP contribution < -0.4 is 4.74 Å². The molecule has 0 N–H and O–H groups in total. The van der Waals surface area contributed by atoms with Crippen LogP contribution >= 0.6 is 0 Å². The minimum Gasteiger partial charge on any atom is -0.494 e. The molecule has 0 atom stereocenters. The van der Waals surface area contributed by atoms with Gasteiger partial charge in [-0.2, -0.15) is 5.10 Å². The van der Waals surface area contributed by atoms with E-state index in [4.69, 9.17) is 9.47 Å². The maximum atomic E-state index is 12.8. The molecule has 1 saturated heterocycles. The number of nitrogens with zero attached hydrogens (tertiary/aromatic N) is 3. The average Bonchev–Trinajstić information content (AvgIpc) is 3.10. The van der Waals surface area contributed by atoms with Gasteiger partial charge in [0, 0.05) is 24.3 Å². The molecule has 164 valence electrons. The van der Waals surface area contributed by atoms with Gasteiger partial charge in [0.2, 0.25) is 0 Å². The normalized spacial score (nSPS) is 16.4. The molecule has 1 aliphatic rings. The van der Waals surface area contributed by atoms with E-state index in [-0.39, 0.29) is 5.97 Å². The summed E-state index contributed by atoms with van der Waals surface area (Å²) in [5.74, 6) is 0.766. The zero-order valence-electron chi connectivity index (χ0n) is 18.6. The van der Waals surface area contributed by atoms with Crippen LogP contribution in [0.5, 0.6) is 5.75 Å². The second-order valence-corrected chi connectivity index (χ2v) is 8.17. The van der Waals surface area contributed by atoms with Gasteiger partial charge in [0.05, 0.1) is 24.8 Å². The molecule has 0 aliphatic carbocycles. The van der Waals surface area contributed by atoms with E-state index < -0.39 is 5.41 Å². The summed E-state index contributed by atoms with van der Waals surface area (Å²) in [6.07, 6.45) is 5.35. The Morgan fingerprint density at radius 3 is 2.57 bits per heavy atom. The van der Waals surface area contributed by atoms with Crippen molar-refractivity contribution >= 4 is 5.97 Å². The number of carbonyl (C=O) groups is 1. The first kappa shape index (κ1) is 22.3. The second kappa shape index (κ2) is 10.6. The number of likely N-dealkylation sites (tertiary alicyclic amines) is 1. The molecule has 0 bridgehead atoms. The predicted molar refractivity (Wildman–Crippen MR) is 117 cm³/mol. The second-order valence-electron chi connectivity index (χ2n) is 8.17. The van der Waals surface area contributed by atoms with E-state index in [0.717, 1.165) is 51.2 Å². The van der Waals surface area contributed by atoms with Crippen LogP contribution in [0.1, 0.15) is 50.8 Å². The summed E-state index contributed by atoms with van der Waals surface area (Å²) in [6.45, 7) is 10.7. The van der Waals surface area contributed by atoms with Crippen LogP contribution in [0.3, 0.4) is 0 Å². The first-order chi connectivity index (χ1) is 14.6. The van der Waals surface area contributed by atoms with Crippen LogP contribution in [0.15, 0.2) is 36.5 Å². The smallest absolute Gasteiger partial charge is 0.312 e. The van der Waals surface area contributed by atoms with Gasteiger partial charge in [0.1, 0.15) is 5.75 Å². The van der Waals surface area contributed by atoms with Crippen LogP contribution in [0.2, 0.25) is 0 Å². The van der Waals surface area contributed by atoms with Gasteiger partial charge < -0.3 is 9.47 Å². The van der Waals surface area contributed by atoms with Crippen molar-refractivity contribution in [1.82, 2.24) is 14.7 Å². The molecule has 6 heteroatoms. The fourth-order valence-electron chi connectivity index (χ4n) is 4.18. The Labute approximate surface area is 180 Å². The van der Waals surface area contributed by atoms with Gasteiger partial charge in [-0.15, -0.1) is 0 Å². The molecule has 30 heavy (non-hydrogen) atoms. The third-order valence-electron chi connectivity index (χ3n) is 6.15. The highest BCUT2D eigenvalue weighted by molar-refractivity contribution is 5.77. The van der Waals surface area contributed by atoms with Crippen LogP contribution in [0.25, 0.3) is 0 Å². The molecule has 2 heterocycles.